The molecule has 128 valence electrons. The highest BCUT2D eigenvalue weighted by Crippen LogP contribution is 2.34. The quantitative estimate of drug-likeness (QED) is 0.849. The summed E-state index contributed by atoms with van der Waals surface area (Å²) in [4.78, 5) is 15.8. The molecule has 1 aromatic heterocycles. The van der Waals surface area contributed by atoms with E-state index in [0.29, 0.717) is 18.3 Å². The van der Waals surface area contributed by atoms with Crippen molar-refractivity contribution in [3.05, 3.63) is 46.7 Å². The number of hydrogen-bond acceptors (Lipinski definition) is 5. The average Bonchev–Trinajstić information content (AvgIpc) is 3.17. The molecule has 1 aliphatic heterocycles. The van der Waals surface area contributed by atoms with Gasteiger partial charge in [-0.2, -0.15) is 0 Å². The highest BCUT2D eigenvalue weighted by atomic mass is 32.2. The normalized spacial score (nSPS) is 18.6. The Morgan fingerprint density at radius 1 is 1.29 bits per heavy atom. The molecule has 0 unspecified atom stereocenters. The van der Waals surface area contributed by atoms with E-state index in [1.165, 1.54) is 17.0 Å². The molecule has 1 saturated heterocycles. The fraction of sp³-hybridized carbons (Fsp3) is 0.312. The van der Waals surface area contributed by atoms with Crippen LogP contribution in [0.4, 0.5) is 5.69 Å². The Morgan fingerprint density at radius 3 is 2.67 bits per heavy atom. The Labute approximate surface area is 145 Å². The van der Waals surface area contributed by atoms with Crippen molar-refractivity contribution < 1.29 is 13.2 Å². The number of benzene rings is 1. The van der Waals surface area contributed by atoms with Gasteiger partial charge in [0, 0.05) is 16.6 Å². The van der Waals surface area contributed by atoms with Gasteiger partial charge in [0.2, 0.25) is 15.9 Å². The molecule has 3 N–H and O–H groups in total. The summed E-state index contributed by atoms with van der Waals surface area (Å²) in [5, 5.41) is 9.91. The van der Waals surface area contributed by atoms with Crippen LogP contribution in [0.1, 0.15) is 23.8 Å². The van der Waals surface area contributed by atoms with Gasteiger partial charge in [-0.05, 0) is 55.1 Å². The maximum atomic E-state index is 12.3. The summed E-state index contributed by atoms with van der Waals surface area (Å²) in [6.45, 7) is 1.22. The summed E-state index contributed by atoms with van der Waals surface area (Å²) in [7, 11) is -3.72. The van der Waals surface area contributed by atoms with Gasteiger partial charge < -0.3 is 5.32 Å². The number of sulfonamides is 1. The van der Waals surface area contributed by atoms with E-state index in [0.717, 1.165) is 19.4 Å². The third-order valence-electron chi connectivity index (χ3n) is 4.05. The van der Waals surface area contributed by atoms with Crippen molar-refractivity contribution in [1.82, 2.24) is 4.90 Å². The van der Waals surface area contributed by atoms with E-state index in [1.807, 2.05) is 6.07 Å². The van der Waals surface area contributed by atoms with Crippen LogP contribution in [0.5, 0.6) is 0 Å². The van der Waals surface area contributed by atoms with Gasteiger partial charge >= 0.3 is 0 Å². The van der Waals surface area contributed by atoms with Gasteiger partial charge in [0.05, 0.1) is 11.4 Å². The minimum Gasteiger partial charge on any atom is -0.325 e. The lowest BCUT2D eigenvalue weighted by molar-refractivity contribution is -0.117. The third-order valence-corrected chi connectivity index (χ3v) is 5.95. The number of carbonyl (C=O) groups is 1. The number of anilines is 1. The van der Waals surface area contributed by atoms with E-state index < -0.39 is 10.0 Å². The number of primary sulfonamides is 1. The summed E-state index contributed by atoms with van der Waals surface area (Å²) in [5.74, 6) is -0.109. The Bertz CT molecular complexity index is 802. The van der Waals surface area contributed by atoms with E-state index in [4.69, 9.17) is 5.14 Å². The van der Waals surface area contributed by atoms with Crippen LogP contribution in [0.15, 0.2) is 46.7 Å². The summed E-state index contributed by atoms with van der Waals surface area (Å²) in [5.41, 5.74) is 0.555. The molecule has 1 aromatic carbocycles. The molecule has 0 bridgehead atoms. The van der Waals surface area contributed by atoms with Gasteiger partial charge in [0.15, 0.2) is 0 Å². The van der Waals surface area contributed by atoms with Crippen molar-refractivity contribution in [1.29, 1.82) is 0 Å². The van der Waals surface area contributed by atoms with Gasteiger partial charge in [-0.15, -0.1) is 11.3 Å². The molecule has 1 fully saturated rings. The predicted octanol–water partition coefficient (Wildman–Crippen LogP) is 2.17. The molecule has 1 atom stereocenters. The summed E-state index contributed by atoms with van der Waals surface area (Å²) in [6.07, 6.45) is 2.15. The van der Waals surface area contributed by atoms with Crippen LogP contribution in [0, 0.1) is 0 Å². The lowest BCUT2D eigenvalue weighted by Gasteiger charge is -2.22. The van der Waals surface area contributed by atoms with Crippen molar-refractivity contribution in [3.63, 3.8) is 0 Å². The molecule has 2 aromatic rings. The first-order valence-electron chi connectivity index (χ1n) is 7.63. The molecule has 0 saturated carbocycles. The highest BCUT2D eigenvalue weighted by Gasteiger charge is 2.28. The van der Waals surface area contributed by atoms with Crippen LogP contribution >= 0.6 is 11.3 Å². The molecule has 3 rings (SSSR count). The zero-order valence-corrected chi connectivity index (χ0v) is 14.6. The lowest BCUT2D eigenvalue weighted by Crippen LogP contribution is -2.32. The Kier molecular flexibility index (Phi) is 5.00. The molecular formula is C16H19N3O3S2. The summed E-state index contributed by atoms with van der Waals surface area (Å²) < 4.78 is 22.5. The molecule has 1 amide bonds. The van der Waals surface area contributed by atoms with Crippen LogP contribution in [-0.4, -0.2) is 32.3 Å². The number of thiophene rings is 1. The minimum absolute atomic E-state index is 0.0257. The van der Waals surface area contributed by atoms with Gasteiger partial charge in [0.25, 0.3) is 0 Å². The number of rotatable bonds is 5. The average molecular weight is 365 g/mol. The van der Waals surface area contributed by atoms with Crippen molar-refractivity contribution >= 4 is 33.0 Å². The molecule has 8 heteroatoms. The van der Waals surface area contributed by atoms with Gasteiger partial charge in [-0.25, -0.2) is 13.6 Å². The molecule has 0 radical (unpaired) electrons. The number of nitrogens with zero attached hydrogens (tertiary/aromatic N) is 1. The standard InChI is InChI=1S/C16H19N3O3S2/c17-24(21,22)13-7-5-12(6-8-13)18-16(20)11-19-9-1-3-14(19)15-4-2-10-23-15/h2,4-8,10,14H,1,3,9,11H2,(H,18,20)(H2,17,21,22)/t14-/m0/s1. The van der Waals surface area contributed by atoms with Crippen molar-refractivity contribution in [3.8, 4) is 0 Å². The molecule has 0 aliphatic carbocycles. The second kappa shape index (κ2) is 7.02. The Morgan fingerprint density at radius 2 is 2.04 bits per heavy atom. The monoisotopic (exact) mass is 365 g/mol. The van der Waals surface area contributed by atoms with Crippen LogP contribution in [-0.2, 0) is 14.8 Å². The van der Waals surface area contributed by atoms with E-state index in [-0.39, 0.29) is 10.8 Å². The number of nitrogens with one attached hydrogen (secondary N) is 1. The van der Waals surface area contributed by atoms with Crippen LogP contribution < -0.4 is 10.5 Å². The van der Waals surface area contributed by atoms with Gasteiger partial charge in [-0.3, -0.25) is 9.69 Å². The first kappa shape index (κ1) is 17.1. The number of hydrogen-bond donors (Lipinski definition) is 2. The third kappa shape index (κ3) is 4.02. The summed E-state index contributed by atoms with van der Waals surface area (Å²) in [6, 6.07) is 10.3. The second-order valence-corrected chi connectivity index (χ2v) is 8.30. The first-order chi connectivity index (χ1) is 11.4. The smallest absolute Gasteiger partial charge is 0.238 e. The number of likely N-dealkylation sites (tertiary alicyclic amines) is 1. The van der Waals surface area contributed by atoms with Gasteiger partial charge in [-0.1, -0.05) is 6.07 Å². The molecule has 2 heterocycles. The maximum absolute atomic E-state index is 12.3. The van der Waals surface area contributed by atoms with Crippen LogP contribution in [0.2, 0.25) is 0 Å². The van der Waals surface area contributed by atoms with E-state index in [1.54, 1.807) is 23.5 Å². The number of amides is 1. The SMILES string of the molecule is NS(=O)(=O)c1ccc(NC(=O)CN2CCC[C@H]2c2cccs2)cc1. The first-order valence-corrected chi connectivity index (χ1v) is 10.1. The number of nitrogens with two attached hydrogens (primary N) is 1. The molecule has 1 aliphatic rings. The number of carbonyl (C=O) groups excluding carboxylic acids is 1. The van der Waals surface area contributed by atoms with Crippen molar-refractivity contribution in [2.24, 2.45) is 5.14 Å². The van der Waals surface area contributed by atoms with Crippen LogP contribution in [0.3, 0.4) is 0 Å². The van der Waals surface area contributed by atoms with Crippen LogP contribution in [0.25, 0.3) is 0 Å². The van der Waals surface area contributed by atoms with Gasteiger partial charge in [0.1, 0.15) is 0 Å². The highest BCUT2D eigenvalue weighted by molar-refractivity contribution is 7.89. The van der Waals surface area contributed by atoms with Crippen molar-refractivity contribution in [2.45, 2.75) is 23.8 Å². The second-order valence-electron chi connectivity index (χ2n) is 5.76. The van der Waals surface area contributed by atoms with Crippen molar-refractivity contribution in [2.75, 3.05) is 18.4 Å². The van der Waals surface area contributed by atoms with E-state index in [2.05, 4.69) is 21.7 Å². The largest absolute Gasteiger partial charge is 0.325 e. The lowest BCUT2D eigenvalue weighted by atomic mass is 10.2. The zero-order valence-electron chi connectivity index (χ0n) is 13.0. The predicted molar refractivity (Wildman–Crippen MR) is 94.3 cm³/mol. The summed E-state index contributed by atoms with van der Waals surface area (Å²) >= 11 is 1.72. The molecule has 0 spiro atoms. The fourth-order valence-electron chi connectivity index (χ4n) is 2.93. The zero-order chi connectivity index (χ0) is 17.2. The topological polar surface area (TPSA) is 92.5 Å². The van der Waals surface area contributed by atoms with E-state index in [9.17, 15) is 13.2 Å². The molecule has 24 heavy (non-hydrogen) atoms. The molecule has 6 nitrogen and oxygen atoms in total. The van der Waals surface area contributed by atoms with E-state index >= 15 is 0 Å². The minimum atomic E-state index is -3.72. The Balaban J connectivity index is 1.61. The Hall–Kier alpha value is -1.74. The maximum Gasteiger partial charge on any atom is 0.238 e. The fourth-order valence-corrected chi connectivity index (χ4v) is 4.34. The molecular weight excluding hydrogens is 346 g/mol.